The molecule has 0 radical (unpaired) electrons. The molecule has 3 aliphatic rings. The number of hydrogen-bond donors (Lipinski definition) is 1. The first kappa shape index (κ1) is 14.8. The summed E-state index contributed by atoms with van der Waals surface area (Å²) < 4.78 is 0. The summed E-state index contributed by atoms with van der Waals surface area (Å²) in [6.07, 6.45) is 10.1. The van der Waals surface area contributed by atoms with Crippen LogP contribution in [0.4, 0.5) is 0 Å². The molecule has 3 unspecified atom stereocenters. The van der Waals surface area contributed by atoms with Crippen molar-refractivity contribution < 1.29 is 0 Å². The molecule has 1 N–H and O–H groups in total. The second-order valence-corrected chi connectivity index (χ2v) is 8.65. The van der Waals surface area contributed by atoms with E-state index in [4.69, 9.17) is 0 Å². The van der Waals surface area contributed by atoms with Crippen molar-refractivity contribution in [2.24, 2.45) is 17.3 Å². The monoisotopic (exact) mass is 278 g/mol. The summed E-state index contributed by atoms with van der Waals surface area (Å²) in [6, 6.07) is 1.75. The predicted octanol–water partition coefficient (Wildman–Crippen LogP) is 3.67. The van der Waals surface area contributed by atoms with Crippen LogP contribution in [0.3, 0.4) is 0 Å². The third-order valence-electron chi connectivity index (χ3n) is 5.93. The van der Waals surface area contributed by atoms with E-state index in [0.717, 1.165) is 23.9 Å². The highest BCUT2D eigenvalue weighted by Gasteiger charge is 2.36. The van der Waals surface area contributed by atoms with Gasteiger partial charge in [-0.05, 0) is 62.4 Å². The first-order valence-corrected chi connectivity index (χ1v) is 9.01. The molecule has 0 aromatic heterocycles. The molecule has 0 amide bonds. The summed E-state index contributed by atoms with van der Waals surface area (Å²) in [5.74, 6) is 1.79. The molecule has 20 heavy (non-hydrogen) atoms. The molecule has 2 nitrogen and oxygen atoms in total. The van der Waals surface area contributed by atoms with Crippen LogP contribution in [-0.4, -0.2) is 36.6 Å². The van der Waals surface area contributed by atoms with Gasteiger partial charge in [-0.3, -0.25) is 0 Å². The fourth-order valence-corrected chi connectivity index (χ4v) is 4.53. The van der Waals surface area contributed by atoms with Crippen LogP contribution in [0.2, 0.25) is 0 Å². The maximum Gasteiger partial charge on any atom is 0.0100 e. The molecule has 3 fully saturated rings. The summed E-state index contributed by atoms with van der Waals surface area (Å²) in [5.41, 5.74) is 0.466. The van der Waals surface area contributed by atoms with Gasteiger partial charge in [0.15, 0.2) is 0 Å². The van der Waals surface area contributed by atoms with E-state index in [0.29, 0.717) is 5.41 Å². The quantitative estimate of drug-likeness (QED) is 0.844. The van der Waals surface area contributed by atoms with E-state index in [1.165, 1.54) is 64.6 Å². The lowest BCUT2D eigenvalue weighted by molar-refractivity contribution is 0.128. The summed E-state index contributed by atoms with van der Waals surface area (Å²) in [5, 5.41) is 3.97. The zero-order valence-corrected chi connectivity index (χ0v) is 13.8. The third-order valence-corrected chi connectivity index (χ3v) is 5.93. The Labute approximate surface area is 125 Å². The van der Waals surface area contributed by atoms with Crippen molar-refractivity contribution in [3.8, 4) is 0 Å². The second-order valence-electron chi connectivity index (χ2n) is 8.65. The van der Waals surface area contributed by atoms with Crippen LogP contribution in [-0.2, 0) is 0 Å². The average molecular weight is 278 g/mol. The molecular formula is C18H34N2. The molecular weight excluding hydrogens is 244 g/mol. The number of likely N-dealkylation sites (tertiary alicyclic amines) is 1. The SMILES string of the molecule is CC(C)(C)C1CCCCC1NCC1CCN(C2CC2)C1. The molecule has 0 spiro atoms. The van der Waals surface area contributed by atoms with E-state index >= 15 is 0 Å². The van der Waals surface area contributed by atoms with Crippen LogP contribution < -0.4 is 5.32 Å². The van der Waals surface area contributed by atoms with Crippen molar-refractivity contribution in [3.63, 3.8) is 0 Å². The molecule has 2 aliphatic carbocycles. The van der Waals surface area contributed by atoms with Gasteiger partial charge in [0.25, 0.3) is 0 Å². The topological polar surface area (TPSA) is 15.3 Å². The number of nitrogens with one attached hydrogen (secondary N) is 1. The Balaban J connectivity index is 1.46. The molecule has 0 aromatic carbocycles. The van der Waals surface area contributed by atoms with Crippen LogP contribution in [0.5, 0.6) is 0 Å². The zero-order chi connectivity index (χ0) is 14.2. The third kappa shape index (κ3) is 3.57. The molecule has 3 rings (SSSR count). The van der Waals surface area contributed by atoms with Gasteiger partial charge in [0.2, 0.25) is 0 Å². The molecule has 0 bridgehead atoms. The minimum Gasteiger partial charge on any atom is -0.313 e. The van der Waals surface area contributed by atoms with E-state index in [1.54, 1.807) is 0 Å². The Hall–Kier alpha value is -0.0800. The predicted molar refractivity (Wildman–Crippen MR) is 85.9 cm³/mol. The number of rotatable bonds is 4. The molecule has 116 valence electrons. The minimum atomic E-state index is 0.466. The van der Waals surface area contributed by atoms with Crippen molar-refractivity contribution in [3.05, 3.63) is 0 Å². The van der Waals surface area contributed by atoms with Gasteiger partial charge in [-0.15, -0.1) is 0 Å². The molecule has 1 saturated heterocycles. The zero-order valence-electron chi connectivity index (χ0n) is 13.8. The molecule has 2 heteroatoms. The van der Waals surface area contributed by atoms with Crippen LogP contribution in [0, 0.1) is 17.3 Å². The minimum absolute atomic E-state index is 0.466. The Morgan fingerprint density at radius 1 is 1.00 bits per heavy atom. The Morgan fingerprint density at radius 2 is 1.75 bits per heavy atom. The van der Waals surface area contributed by atoms with Crippen molar-refractivity contribution >= 4 is 0 Å². The molecule has 1 aliphatic heterocycles. The van der Waals surface area contributed by atoms with Gasteiger partial charge in [0.1, 0.15) is 0 Å². The van der Waals surface area contributed by atoms with Crippen LogP contribution >= 0.6 is 0 Å². The first-order chi connectivity index (χ1) is 9.54. The first-order valence-electron chi connectivity index (χ1n) is 9.01. The lowest BCUT2D eigenvalue weighted by Crippen LogP contribution is -2.46. The largest absolute Gasteiger partial charge is 0.313 e. The van der Waals surface area contributed by atoms with Crippen molar-refractivity contribution in [1.29, 1.82) is 0 Å². The Morgan fingerprint density at radius 3 is 2.45 bits per heavy atom. The number of hydrogen-bond acceptors (Lipinski definition) is 2. The average Bonchev–Trinajstić information content (AvgIpc) is 3.15. The smallest absolute Gasteiger partial charge is 0.0100 e. The standard InChI is InChI=1S/C18H34N2/c1-18(2,3)16-6-4-5-7-17(16)19-12-14-10-11-20(13-14)15-8-9-15/h14-17,19H,4-13H2,1-3H3. The summed E-state index contributed by atoms with van der Waals surface area (Å²) >= 11 is 0. The van der Waals surface area contributed by atoms with Crippen molar-refractivity contribution in [2.75, 3.05) is 19.6 Å². The van der Waals surface area contributed by atoms with Crippen LogP contribution in [0.1, 0.15) is 65.7 Å². The van der Waals surface area contributed by atoms with Gasteiger partial charge < -0.3 is 10.2 Å². The highest BCUT2D eigenvalue weighted by Crippen LogP contribution is 2.38. The van der Waals surface area contributed by atoms with Gasteiger partial charge in [-0.1, -0.05) is 33.6 Å². The lowest BCUT2D eigenvalue weighted by atomic mass is 9.69. The summed E-state index contributed by atoms with van der Waals surface area (Å²) in [7, 11) is 0. The molecule has 3 atom stereocenters. The Bertz CT molecular complexity index is 316. The van der Waals surface area contributed by atoms with Crippen LogP contribution in [0.15, 0.2) is 0 Å². The molecule has 1 heterocycles. The van der Waals surface area contributed by atoms with E-state index in [9.17, 15) is 0 Å². The van der Waals surface area contributed by atoms with Crippen molar-refractivity contribution in [1.82, 2.24) is 10.2 Å². The van der Waals surface area contributed by atoms with Gasteiger partial charge in [-0.2, -0.15) is 0 Å². The van der Waals surface area contributed by atoms with E-state index in [-0.39, 0.29) is 0 Å². The summed E-state index contributed by atoms with van der Waals surface area (Å²) in [6.45, 7) is 11.3. The van der Waals surface area contributed by atoms with E-state index in [1.807, 2.05) is 0 Å². The van der Waals surface area contributed by atoms with Gasteiger partial charge in [0, 0.05) is 18.6 Å². The second kappa shape index (κ2) is 5.96. The highest BCUT2D eigenvalue weighted by molar-refractivity contribution is 4.92. The van der Waals surface area contributed by atoms with Crippen LogP contribution in [0.25, 0.3) is 0 Å². The number of nitrogens with zero attached hydrogens (tertiary/aromatic N) is 1. The maximum atomic E-state index is 3.97. The van der Waals surface area contributed by atoms with Crippen molar-refractivity contribution in [2.45, 2.75) is 77.8 Å². The fraction of sp³-hybridized carbons (Fsp3) is 1.00. The summed E-state index contributed by atoms with van der Waals surface area (Å²) in [4.78, 5) is 2.74. The van der Waals surface area contributed by atoms with E-state index < -0.39 is 0 Å². The van der Waals surface area contributed by atoms with Gasteiger partial charge >= 0.3 is 0 Å². The lowest BCUT2D eigenvalue weighted by Gasteiger charge is -2.41. The van der Waals surface area contributed by atoms with Gasteiger partial charge in [-0.25, -0.2) is 0 Å². The Kier molecular flexibility index (Phi) is 4.42. The normalized spacial score (nSPS) is 36.5. The molecule has 2 saturated carbocycles. The fourth-order valence-electron chi connectivity index (χ4n) is 4.53. The molecule has 0 aromatic rings. The maximum absolute atomic E-state index is 3.97. The van der Waals surface area contributed by atoms with E-state index in [2.05, 4.69) is 31.0 Å². The van der Waals surface area contributed by atoms with Gasteiger partial charge in [0.05, 0.1) is 0 Å². The highest BCUT2D eigenvalue weighted by atomic mass is 15.2.